The maximum Gasteiger partial charge on any atom is 0.127 e. The molecule has 0 saturated carbocycles. The van der Waals surface area contributed by atoms with E-state index in [1.54, 1.807) is 0 Å². The van der Waals surface area contributed by atoms with Crippen molar-refractivity contribution >= 4 is 10.9 Å². The molecule has 96 valence electrons. The molecule has 1 atom stereocenters. The topological polar surface area (TPSA) is 52.6 Å². The number of rotatable bonds is 3. The lowest BCUT2D eigenvalue weighted by Crippen LogP contribution is -2.86. The summed E-state index contributed by atoms with van der Waals surface area (Å²) in [6.07, 6.45) is 3.64. The second-order valence-corrected chi connectivity index (χ2v) is 5.31. The number of quaternary nitrogens is 1. The molecule has 0 amide bonds. The first kappa shape index (κ1) is 11.8. The molecule has 2 aromatic rings. The van der Waals surface area contributed by atoms with E-state index in [0.717, 1.165) is 6.54 Å². The molecule has 1 unspecified atom stereocenters. The third kappa shape index (κ3) is 1.93. The van der Waals surface area contributed by atoms with Crippen molar-refractivity contribution < 1.29 is 10.4 Å². The molecule has 0 radical (unpaired) electrons. The van der Waals surface area contributed by atoms with Crippen LogP contribution in [0, 0.1) is 6.92 Å². The van der Waals surface area contributed by atoms with Crippen LogP contribution in [0.1, 0.15) is 35.7 Å². The number of aromatic nitrogens is 1. The van der Waals surface area contributed by atoms with Crippen LogP contribution in [0.3, 0.4) is 0 Å². The van der Waals surface area contributed by atoms with Crippen LogP contribution in [0.25, 0.3) is 10.9 Å². The van der Waals surface area contributed by atoms with Crippen molar-refractivity contribution in [3.8, 4) is 0 Å². The van der Waals surface area contributed by atoms with Gasteiger partial charge in [0.15, 0.2) is 0 Å². The first-order chi connectivity index (χ1) is 8.79. The number of nitrogens with one attached hydrogen (secondary N) is 1. The van der Waals surface area contributed by atoms with Crippen molar-refractivity contribution in [1.82, 2.24) is 4.98 Å². The number of aryl methyl sites for hydroxylation is 2. The lowest BCUT2D eigenvalue weighted by molar-refractivity contribution is -0.698. The number of nitrogens with two attached hydrogens (primary N) is 1. The Morgan fingerprint density at radius 2 is 2.33 bits per heavy atom. The van der Waals surface area contributed by atoms with Gasteiger partial charge in [-0.3, -0.25) is 0 Å². The van der Waals surface area contributed by atoms with E-state index in [9.17, 15) is 0 Å². The number of aliphatic hydroxyl groups is 1. The molecule has 18 heavy (non-hydrogen) atoms. The van der Waals surface area contributed by atoms with Gasteiger partial charge < -0.3 is 15.4 Å². The van der Waals surface area contributed by atoms with Crippen molar-refractivity contribution in [3.05, 3.63) is 35.0 Å². The average Bonchev–Trinajstić information content (AvgIpc) is 2.75. The van der Waals surface area contributed by atoms with E-state index in [2.05, 4.69) is 35.4 Å². The maximum atomic E-state index is 8.98. The van der Waals surface area contributed by atoms with Crippen molar-refractivity contribution in [2.24, 2.45) is 0 Å². The third-order valence-corrected chi connectivity index (χ3v) is 3.99. The molecular formula is C15H21N2O+. The molecule has 0 bridgehead atoms. The first-order valence-electron chi connectivity index (χ1n) is 6.85. The van der Waals surface area contributed by atoms with Crippen LogP contribution in [-0.4, -0.2) is 23.2 Å². The molecule has 1 aromatic heterocycles. The standard InChI is InChI=1S/C15H20N2O/c1-10-5-6-13-12(9-10)11-3-2-4-14(15(11)17-13)16-7-8-18/h5-6,9,14,16-18H,2-4,7-8H2,1H3/p+1. The Labute approximate surface area is 107 Å². The van der Waals surface area contributed by atoms with Gasteiger partial charge in [0.25, 0.3) is 0 Å². The van der Waals surface area contributed by atoms with Crippen LogP contribution in [0.15, 0.2) is 18.2 Å². The van der Waals surface area contributed by atoms with Gasteiger partial charge in [0, 0.05) is 17.3 Å². The fraction of sp³-hybridized carbons (Fsp3) is 0.467. The summed E-state index contributed by atoms with van der Waals surface area (Å²) >= 11 is 0. The number of aliphatic hydroxyl groups excluding tert-OH is 1. The summed E-state index contributed by atoms with van der Waals surface area (Å²) in [5.74, 6) is 0. The molecule has 0 aliphatic heterocycles. The summed E-state index contributed by atoms with van der Waals surface area (Å²) in [4.78, 5) is 3.59. The Hall–Kier alpha value is -1.32. The molecule has 0 fully saturated rings. The monoisotopic (exact) mass is 245 g/mol. The van der Waals surface area contributed by atoms with E-state index >= 15 is 0 Å². The smallest absolute Gasteiger partial charge is 0.127 e. The zero-order chi connectivity index (χ0) is 12.5. The third-order valence-electron chi connectivity index (χ3n) is 3.99. The van der Waals surface area contributed by atoms with Gasteiger partial charge in [0.05, 0.1) is 18.8 Å². The number of hydrogen-bond donors (Lipinski definition) is 3. The van der Waals surface area contributed by atoms with Crippen LogP contribution in [0.4, 0.5) is 0 Å². The molecule has 0 spiro atoms. The molecule has 1 aliphatic carbocycles. The zero-order valence-electron chi connectivity index (χ0n) is 10.9. The number of aromatic amines is 1. The van der Waals surface area contributed by atoms with Gasteiger partial charge in [-0.2, -0.15) is 0 Å². The Balaban J connectivity index is 2.04. The van der Waals surface area contributed by atoms with E-state index in [-0.39, 0.29) is 6.61 Å². The quantitative estimate of drug-likeness (QED) is 0.752. The van der Waals surface area contributed by atoms with E-state index in [1.165, 1.54) is 47.0 Å². The van der Waals surface area contributed by atoms with Crippen LogP contribution < -0.4 is 5.32 Å². The van der Waals surface area contributed by atoms with Gasteiger partial charge in [0.1, 0.15) is 6.04 Å². The SMILES string of the molecule is Cc1ccc2[nH]c3c(c2c1)CCCC3[NH2+]CCO. The Bertz CT molecular complexity index is 559. The van der Waals surface area contributed by atoms with Crippen LogP contribution >= 0.6 is 0 Å². The van der Waals surface area contributed by atoms with Crippen LogP contribution in [0.5, 0.6) is 0 Å². The minimum absolute atomic E-state index is 0.255. The minimum Gasteiger partial charge on any atom is -0.391 e. The second kappa shape index (κ2) is 4.75. The molecule has 1 aliphatic rings. The largest absolute Gasteiger partial charge is 0.391 e. The first-order valence-corrected chi connectivity index (χ1v) is 6.85. The highest BCUT2D eigenvalue weighted by atomic mass is 16.3. The van der Waals surface area contributed by atoms with Gasteiger partial charge >= 0.3 is 0 Å². The summed E-state index contributed by atoms with van der Waals surface area (Å²) in [7, 11) is 0. The summed E-state index contributed by atoms with van der Waals surface area (Å²) in [5, 5.41) is 12.6. The average molecular weight is 245 g/mol. The molecule has 1 aromatic carbocycles. The number of H-pyrrole nitrogens is 1. The second-order valence-electron chi connectivity index (χ2n) is 5.31. The normalized spacial score (nSPS) is 19.1. The summed E-state index contributed by atoms with van der Waals surface area (Å²) in [6, 6.07) is 7.13. The summed E-state index contributed by atoms with van der Waals surface area (Å²) < 4.78 is 0. The molecular weight excluding hydrogens is 224 g/mol. The van der Waals surface area contributed by atoms with E-state index in [1.807, 2.05) is 0 Å². The van der Waals surface area contributed by atoms with E-state index in [4.69, 9.17) is 5.11 Å². The highest BCUT2D eigenvalue weighted by Crippen LogP contribution is 2.33. The highest BCUT2D eigenvalue weighted by molar-refractivity contribution is 5.85. The van der Waals surface area contributed by atoms with Gasteiger partial charge in [-0.25, -0.2) is 0 Å². The van der Waals surface area contributed by atoms with Crippen molar-refractivity contribution in [3.63, 3.8) is 0 Å². The highest BCUT2D eigenvalue weighted by Gasteiger charge is 2.26. The fourth-order valence-corrected chi connectivity index (χ4v) is 3.12. The molecule has 3 rings (SSSR count). The van der Waals surface area contributed by atoms with Gasteiger partial charge in [-0.1, -0.05) is 11.6 Å². The van der Waals surface area contributed by atoms with Gasteiger partial charge in [0.2, 0.25) is 0 Å². The van der Waals surface area contributed by atoms with Crippen molar-refractivity contribution in [1.29, 1.82) is 0 Å². The number of fused-ring (bicyclic) bond motifs is 3. The molecule has 3 nitrogen and oxygen atoms in total. The molecule has 3 heteroatoms. The maximum absolute atomic E-state index is 8.98. The number of hydrogen-bond acceptors (Lipinski definition) is 1. The minimum atomic E-state index is 0.255. The van der Waals surface area contributed by atoms with E-state index < -0.39 is 0 Å². The van der Waals surface area contributed by atoms with Crippen molar-refractivity contribution in [2.75, 3.05) is 13.2 Å². The lowest BCUT2D eigenvalue weighted by Gasteiger charge is -2.20. The van der Waals surface area contributed by atoms with E-state index in [0.29, 0.717) is 6.04 Å². The number of benzene rings is 1. The Kier molecular flexibility index (Phi) is 3.10. The fourth-order valence-electron chi connectivity index (χ4n) is 3.12. The van der Waals surface area contributed by atoms with Gasteiger partial charge in [-0.15, -0.1) is 0 Å². The van der Waals surface area contributed by atoms with Crippen LogP contribution in [-0.2, 0) is 6.42 Å². The molecule has 1 heterocycles. The Morgan fingerprint density at radius 3 is 3.17 bits per heavy atom. The predicted molar refractivity (Wildman–Crippen MR) is 72.6 cm³/mol. The zero-order valence-corrected chi connectivity index (χ0v) is 10.9. The van der Waals surface area contributed by atoms with Crippen molar-refractivity contribution in [2.45, 2.75) is 32.2 Å². The lowest BCUT2D eigenvalue weighted by atomic mass is 9.91. The van der Waals surface area contributed by atoms with Crippen LogP contribution in [0.2, 0.25) is 0 Å². The molecule has 4 N–H and O–H groups in total. The summed E-state index contributed by atoms with van der Waals surface area (Å²) in [5.41, 5.74) is 5.47. The summed E-state index contributed by atoms with van der Waals surface area (Å²) in [6.45, 7) is 3.20. The Morgan fingerprint density at radius 1 is 1.44 bits per heavy atom. The molecule has 0 saturated heterocycles. The van der Waals surface area contributed by atoms with Gasteiger partial charge in [-0.05, 0) is 37.5 Å². The predicted octanol–water partition coefficient (Wildman–Crippen LogP) is 1.41.